The number of hydrogen-bond acceptors (Lipinski definition) is 5. The van der Waals surface area contributed by atoms with Gasteiger partial charge in [-0.15, -0.1) is 0 Å². The third-order valence-electron chi connectivity index (χ3n) is 4.88. The van der Waals surface area contributed by atoms with Gasteiger partial charge in [-0.1, -0.05) is 12.1 Å². The molecule has 8 heteroatoms. The van der Waals surface area contributed by atoms with E-state index < -0.39 is 10.0 Å². The number of anilines is 1. The van der Waals surface area contributed by atoms with Gasteiger partial charge in [0.1, 0.15) is 5.75 Å². The highest BCUT2D eigenvalue weighted by molar-refractivity contribution is 7.88. The Kier molecular flexibility index (Phi) is 5.19. The highest BCUT2D eigenvalue weighted by Gasteiger charge is 2.28. The summed E-state index contributed by atoms with van der Waals surface area (Å²) in [4.78, 5) is 16.5. The molecule has 0 N–H and O–H groups in total. The molecule has 2 aliphatic rings. The summed E-state index contributed by atoms with van der Waals surface area (Å²) in [6.45, 7) is 2.74. The molecule has 1 aromatic rings. The number of piperazine rings is 1. The maximum absolute atomic E-state index is 12.7. The third-order valence-corrected chi connectivity index (χ3v) is 6.18. The van der Waals surface area contributed by atoms with Crippen LogP contribution in [0.4, 0.5) is 5.69 Å². The van der Waals surface area contributed by atoms with Crippen LogP contribution >= 0.6 is 0 Å². The van der Waals surface area contributed by atoms with Crippen molar-refractivity contribution in [1.29, 1.82) is 0 Å². The molecule has 3 rings (SSSR count). The minimum absolute atomic E-state index is 0.0342. The molecule has 0 saturated carbocycles. The van der Waals surface area contributed by atoms with Gasteiger partial charge < -0.3 is 14.5 Å². The summed E-state index contributed by atoms with van der Waals surface area (Å²) in [6, 6.07) is 5.99. The minimum atomic E-state index is -3.18. The number of methoxy groups -OCH3 is 1. The van der Waals surface area contributed by atoms with Gasteiger partial charge in [-0.25, -0.2) is 8.42 Å². The minimum Gasteiger partial charge on any atom is -0.495 e. The van der Waals surface area contributed by atoms with E-state index in [-0.39, 0.29) is 5.91 Å². The zero-order valence-corrected chi connectivity index (χ0v) is 15.6. The Hall–Kier alpha value is -1.80. The molecule has 138 valence electrons. The Labute approximate surface area is 149 Å². The number of sulfonamides is 1. The number of rotatable bonds is 4. The van der Waals surface area contributed by atoms with E-state index in [0.29, 0.717) is 32.7 Å². The SMILES string of the molecule is COc1cccc2c1N(CC(=O)N1CCN(S(C)(=O)=O)CC1)CCC2. The second-order valence-electron chi connectivity index (χ2n) is 6.54. The average molecular weight is 367 g/mol. The summed E-state index contributed by atoms with van der Waals surface area (Å²) in [5, 5.41) is 0. The molecule has 1 aromatic carbocycles. The topological polar surface area (TPSA) is 70.2 Å². The van der Waals surface area contributed by atoms with E-state index in [1.807, 2.05) is 12.1 Å². The van der Waals surface area contributed by atoms with E-state index >= 15 is 0 Å². The van der Waals surface area contributed by atoms with Gasteiger partial charge in [0.25, 0.3) is 0 Å². The van der Waals surface area contributed by atoms with Gasteiger partial charge in [0.2, 0.25) is 15.9 Å². The van der Waals surface area contributed by atoms with Crippen LogP contribution < -0.4 is 9.64 Å². The van der Waals surface area contributed by atoms with Crippen molar-refractivity contribution in [3.63, 3.8) is 0 Å². The number of para-hydroxylation sites is 1. The second-order valence-corrected chi connectivity index (χ2v) is 8.52. The molecular formula is C17H25N3O4S. The summed E-state index contributed by atoms with van der Waals surface area (Å²) in [5.41, 5.74) is 2.22. The third kappa shape index (κ3) is 3.90. The molecule has 0 radical (unpaired) electrons. The van der Waals surface area contributed by atoms with Gasteiger partial charge >= 0.3 is 0 Å². The number of fused-ring (bicyclic) bond motifs is 1. The predicted molar refractivity (Wildman–Crippen MR) is 96.5 cm³/mol. The Balaban J connectivity index is 1.68. The van der Waals surface area contributed by atoms with Gasteiger partial charge in [-0.05, 0) is 24.5 Å². The Bertz CT molecular complexity index is 728. The fourth-order valence-corrected chi connectivity index (χ4v) is 4.38. The second kappa shape index (κ2) is 7.21. The van der Waals surface area contributed by atoms with Crippen LogP contribution in [-0.4, -0.2) is 76.2 Å². The number of benzene rings is 1. The van der Waals surface area contributed by atoms with Crippen LogP contribution in [0.1, 0.15) is 12.0 Å². The van der Waals surface area contributed by atoms with Crippen LogP contribution in [0, 0.1) is 0 Å². The van der Waals surface area contributed by atoms with Crippen molar-refractivity contribution in [2.75, 3.05) is 57.5 Å². The fourth-order valence-electron chi connectivity index (χ4n) is 3.56. The van der Waals surface area contributed by atoms with Crippen molar-refractivity contribution >= 4 is 21.6 Å². The standard InChI is InChI=1S/C17H25N3O4S/c1-24-15-7-3-5-14-6-4-8-19(17(14)15)13-16(21)18-9-11-20(12-10-18)25(2,22)23/h3,5,7H,4,6,8-13H2,1-2H3. The van der Waals surface area contributed by atoms with Crippen molar-refractivity contribution in [3.05, 3.63) is 23.8 Å². The number of hydrogen-bond donors (Lipinski definition) is 0. The van der Waals surface area contributed by atoms with Crippen LogP contribution in [0.5, 0.6) is 5.75 Å². The first kappa shape index (κ1) is 18.0. The highest BCUT2D eigenvalue weighted by atomic mass is 32.2. The summed E-state index contributed by atoms with van der Waals surface area (Å²) in [5.74, 6) is 0.832. The van der Waals surface area contributed by atoms with Gasteiger partial charge in [-0.3, -0.25) is 4.79 Å². The molecule has 25 heavy (non-hydrogen) atoms. The molecule has 0 bridgehead atoms. The molecule has 1 amide bonds. The van der Waals surface area contributed by atoms with E-state index in [2.05, 4.69) is 11.0 Å². The Morgan fingerprint density at radius 1 is 1.16 bits per heavy atom. The molecule has 0 unspecified atom stereocenters. The zero-order chi connectivity index (χ0) is 18.0. The maximum Gasteiger partial charge on any atom is 0.242 e. The molecule has 1 fully saturated rings. The normalized spacial score (nSPS) is 18.8. The van der Waals surface area contributed by atoms with E-state index in [1.54, 1.807) is 12.0 Å². The van der Waals surface area contributed by atoms with Crippen LogP contribution in [0.15, 0.2) is 18.2 Å². The van der Waals surface area contributed by atoms with Gasteiger partial charge in [0, 0.05) is 32.7 Å². The Morgan fingerprint density at radius 2 is 1.88 bits per heavy atom. The van der Waals surface area contributed by atoms with E-state index in [0.717, 1.165) is 30.8 Å². The molecular weight excluding hydrogens is 342 g/mol. The first-order valence-corrected chi connectivity index (χ1v) is 10.4. The van der Waals surface area contributed by atoms with Crippen LogP contribution in [0.2, 0.25) is 0 Å². The summed E-state index contributed by atoms with van der Waals surface area (Å²) < 4.78 is 30.1. The van der Waals surface area contributed by atoms with Gasteiger partial charge in [0.15, 0.2) is 0 Å². The molecule has 2 aliphatic heterocycles. The molecule has 0 spiro atoms. The lowest BCUT2D eigenvalue weighted by Crippen LogP contribution is -2.52. The van der Waals surface area contributed by atoms with Gasteiger partial charge in [0.05, 0.1) is 25.6 Å². The highest BCUT2D eigenvalue weighted by Crippen LogP contribution is 2.35. The first-order chi connectivity index (χ1) is 11.9. The van der Waals surface area contributed by atoms with Crippen LogP contribution in [0.25, 0.3) is 0 Å². The zero-order valence-electron chi connectivity index (χ0n) is 14.8. The first-order valence-electron chi connectivity index (χ1n) is 8.54. The molecule has 7 nitrogen and oxygen atoms in total. The smallest absolute Gasteiger partial charge is 0.242 e. The molecule has 0 aromatic heterocycles. The van der Waals surface area contributed by atoms with E-state index in [9.17, 15) is 13.2 Å². The van der Waals surface area contributed by atoms with Crippen LogP contribution in [-0.2, 0) is 21.2 Å². The van der Waals surface area contributed by atoms with Crippen molar-refractivity contribution < 1.29 is 17.9 Å². The number of carbonyl (C=O) groups is 1. The van der Waals surface area contributed by atoms with Crippen molar-refractivity contribution in [1.82, 2.24) is 9.21 Å². The lowest BCUT2D eigenvalue weighted by molar-refractivity contribution is -0.130. The average Bonchev–Trinajstić information content (AvgIpc) is 2.60. The van der Waals surface area contributed by atoms with Crippen molar-refractivity contribution in [3.8, 4) is 5.75 Å². The summed E-state index contributed by atoms with van der Waals surface area (Å²) in [6.07, 6.45) is 3.21. The summed E-state index contributed by atoms with van der Waals surface area (Å²) >= 11 is 0. The van der Waals surface area contributed by atoms with Crippen molar-refractivity contribution in [2.45, 2.75) is 12.8 Å². The lowest BCUT2D eigenvalue weighted by atomic mass is 10.0. The number of nitrogens with zero attached hydrogens (tertiary/aromatic N) is 3. The molecule has 2 heterocycles. The number of aryl methyl sites for hydroxylation is 1. The molecule has 1 saturated heterocycles. The van der Waals surface area contributed by atoms with E-state index in [4.69, 9.17) is 4.74 Å². The fraction of sp³-hybridized carbons (Fsp3) is 0.588. The van der Waals surface area contributed by atoms with E-state index in [1.165, 1.54) is 16.1 Å². The monoisotopic (exact) mass is 367 g/mol. The van der Waals surface area contributed by atoms with Gasteiger partial charge in [-0.2, -0.15) is 4.31 Å². The number of amides is 1. The molecule has 0 aliphatic carbocycles. The van der Waals surface area contributed by atoms with Crippen LogP contribution in [0.3, 0.4) is 0 Å². The summed E-state index contributed by atoms with van der Waals surface area (Å²) in [7, 11) is -1.54. The largest absolute Gasteiger partial charge is 0.495 e. The lowest BCUT2D eigenvalue weighted by Gasteiger charge is -2.36. The van der Waals surface area contributed by atoms with Crippen molar-refractivity contribution in [2.24, 2.45) is 0 Å². The predicted octanol–water partition coefficient (Wildman–Crippen LogP) is 0.552. The maximum atomic E-state index is 12.7. The molecule has 0 atom stereocenters. The number of ether oxygens (including phenoxy) is 1. The number of carbonyl (C=O) groups excluding carboxylic acids is 1. The quantitative estimate of drug-likeness (QED) is 0.777. The Morgan fingerprint density at radius 3 is 2.52 bits per heavy atom.